The highest BCUT2D eigenvalue weighted by Crippen LogP contribution is 2.16. The van der Waals surface area contributed by atoms with Gasteiger partial charge in [-0.25, -0.2) is 9.78 Å². The van der Waals surface area contributed by atoms with E-state index in [0.717, 1.165) is 17.1 Å². The molecule has 3 aromatic rings. The summed E-state index contributed by atoms with van der Waals surface area (Å²) in [6.07, 6.45) is 1.93. The van der Waals surface area contributed by atoms with Crippen LogP contribution in [0, 0.1) is 10.1 Å². The van der Waals surface area contributed by atoms with Crippen LogP contribution < -0.4 is 10.9 Å². The van der Waals surface area contributed by atoms with E-state index >= 15 is 0 Å². The zero-order valence-electron chi connectivity index (χ0n) is 16.0. The van der Waals surface area contributed by atoms with Crippen molar-refractivity contribution in [3.05, 3.63) is 74.8 Å². The van der Waals surface area contributed by atoms with Gasteiger partial charge >= 0.3 is 5.97 Å². The van der Waals surface area contributed by atoms with Crippen LogP contribution in [0.4, 0.5) is 11.4 Å². The molecule has 1 amide bonds. The second-order valence-electron chi connectivity index (χ2n) is 6.40. The van der Waals surface area contributed by atoms with Crippen molar-refractivity contribution >= 4 is 34.2 Å². The molecule has 0 bridgehead atoms. The van der Waals surface area contributed by atoms with E-state index in [4.69, 9.17) is 4.74 Å². The molecule has 1 aromatic heterocycles. The van der Waals surface area contributed by atoms with Gasteiger partial charge in [-0.15, -0.1) is 0 Å². The molecule has 154 valence electrons. The molecule has 0 fully saturated rings. The predicted molar refractivity (Wildman–Crippen MR) is 108 cm³/mol. The third-order valence-corrected chi connectivity index (χ3v) is 4.17. The van der Waals surface area contributed by atoms with Gasteiger partial charge in [-0.05, 0) is 36.8 Å². The van der Waals surface area contributed by atoms with Crippen LogP contribution in [0.5, 0.6) is 0 Å². The summed E-state index contributed by atoms with van der Waals surface area (Å²) in [5.74, 6) is -0.942. The zero-order valence-corrected chi connectivity index (χ0v) is 16.0. The van der Waals surface area contributed by atoms with Crippen molar-refractivity contribution in [3.8, 4) is 0 Å². The second kappa shape index (κ2) is 8.95. The SMILES string of the molecule is CCCOC(=O)c1ccc(NC(=O)Cn2cnc3ccc([N+](=O)[O-])cc3c2=O)cc1. The average Bonchev–Trinajstić information content (AvgIpc) is 2.74. The van der Waals surface area contributed by atoms with Gasteiger partial charge in [-0.3, -0.25) is 24.3 Å². The van der Waals surface area contributed by atoms with Crippen molar-refractivity contribution in [2.24, 2.45) is 0 Å². The number of aromatic nitrogens is 2. The lowest BCUT2D eigenvalue weighted by Crippen LogP contribution is -2.28. The third kappa shape index (κ3) is 4.66. The van der Waals surface area contributed by atoms with Crippen molar-refractivity contribution in [3.63, 3.8) is 0 Å². The lowest BCUT2D eigenvalue weighted by molar-refractivity contribution is -0.384. The number of hydrogen-bond donors (Lipinski definition) is 1. The number of nitro benzene ring substituents is 1. The quantitative estimate of drug-likeness (QED) is 0.359. The first-order valence-electron chi connectivity index (χ1n) is 9.09. The fourth-order valence-electron chi connectivity index (χ4n) is 2.70. The van der Waals surface area contributed by atoms with E-state index in [1.165, 1.54) is 30.6 Å². The molecule has 3 rings (SSSR count). The first-order chi connectivity index (χ1) is 14.4. The molecule has 30 heavy (non-hydrogen) atoms. The minimum Gasteiger partial charge on any atom is -0.462 e. The van der Waals surface area contributed by atoms with E-state index in [-0.39, 0.29) is 17.6 Å². The minimum atomic E-state index is -0.607. The molecular weight excluding hydrogens is 392 g/mol. The number of benzene rings is 2. The van der Waals surface area contributed by atoms with Crippen molar-refractivity contribution in [2.75, 3.05) is 11.9 Å². The number of nitrogens with zero attached hydrogens (tertiary/aromatic N) is 3. The van der Waals surface area contributed by atoms with E-state index in [9.17, 15) is 24.5 Å². The number of ether oxygens (including phenoxy) is 1. The number of non-ortho nitro benzene ring substituents is 1. The Balaban J connectivity index is 1.72. The van der Waals surface area contributed by atoms with Gasteiger partial charge < -0.3 is 10.1 Å². The van der Waals surface area contributed by atoms with Crippen LogP contribution in [0.2, 0.25) is 0 Å². The molecule has 0 unspecified atom stereocenters. The summed E-state index contributed by atoms with van der Waals surface area (Å²) in [5.41, 5.74) is 0.296. The number of hydrogen-bond acceptors (Lipinski definition) is 7. The number of amides is 1. The van der Waals surface area contributed by atoms with Crippen LogP contribution in [0.15, 0.2) is 53.6 Å². The van der Waals surface area contributed by atoms with Gasteiger partial charge in [0.05, 0.1) is 34.3 Å². The number of anilines is 1. The molecule has 1 N–H and O–H groups in total. The van der Waals surface area contributed by atoms with E-state index < -0.39 is 22.4 Å². The smallest absolute Gasteiger partial charge is 0.338 e. The summed E-state index contributed by atoms with van der Waals surface area (Å²) in [6, 6.07) is 9.92. The maximum atomic E-state index is 12.6. The van der Waals surface area contributed by atoms with Crippen molar-refractivity contribution in [2.45, 2.75) is 19.9 Å². The molecule has 1 heterocycles. The Bertz CT molecular complexity index is 1170. The standard InChI is InChI=1S/C20H18N4O6/c1-2-9-30-20(27)13-3-5-14(6-4-13)22-18(25)11-23-12-21-17-8-7-15(24(28)29)10-16(17)19(23)26/h3-8,10,12H,2,9,11H2,1H3,(H,22,25). The number of rotatable bonds is 7. The Morgan fingerprint density at radius 3 is 2.60 bits per heavy atom. The molecule has 2 aromatic carbocycles. The van der Waals surface area contributed by atoms with Gasteiger partial charge in [-0.2, -0.15) is 0 Å². The number of nitro groups is 1. The number of fused-ring (bicyclic) bond motifs is 1. The van der Waals surface area contributed by atoms with Crippen LogP contribution >= 0.6 is 0 Å². The highest BCUT2D eigenvalue weighted by molar-refractivity contribution is 5.93. The first kappa shape index (κ1) is 20.6. The van der Waals surface area contributed by atoms with E-state index in [0.29, 0.717) is 23.4 Å². The van der Waals surface area contributed by atoms with Gasteiger partial charge in [0, 0.05) is 17.8 Å². The molecule has 0 spiro atoms. The Morgan fingerprint density at radius 1 is 1.20 bits per heavy atom. The predicted octanol–water partition coefficient (Wildman–Crippen LogP) is 2.51. The molecule has 0 radical (unpaired) electrons. The number of carbonyl (C=O) groups excluding carboxylic acids is 2. The molecule has 10 heteroatoms. The Kier molecular flexibility index (Phi) is 6.16. The van der Waals surface area contributed by atoms with Gasteiger partial charge in [0.1, 0.15) is 6.54 Å². The monoisotopic (exact) mass is 410 g/mol. The summed E-state index contributed by atoms with van der Waals surface area (Å²) >= 11 is 0. The molecular formula is C20H18N4O6. The van der Waals surface area contributed by atoms with Crippen molar-refractivity contribution < 1.29 is 19.2 Å². The highest BCUT2D eigenvalue weighted by Gasteiger charge is 2.13. The molecule has 0 saturated carbocycles. The topological polar surface area (TPSA) is 133 Å². The Labute approximate surface area is 170 Å². The molecule has 0 saturated heterocycles. The van der Waals surface area contributed by atoms with Gasteiger partial charge in [0.15, 0.2) is 0 Å². The second-order valence-corrected chi connectivity index (χ2v) is 6.40. The average molecular weight is 410 g/mol. The van der Waals surface area contributed by atoms with Crippen LogP contribution in [0.3, 0.4) is 0 Å². The highest BCUT2D eigenvalue weighted by atomic mass is 16.6. The summed E-state index contributed by atoms with van der Waals surface area (Å²) in [6.45, 7) is 1.89. The summed E-state index contributed by atoms with van der Waals surface area (Å²) in [4.78, 5) is 51.0. The summed E-state index contributed by atoms with van der Waals surface area (Å²) < 4.78 is 6.10. The third-order valence-electron chi connectivity index (χ3n) is 4.17. The Morgan fingerprint density at radius 2 is 1.93 bits per heavy atom. The Hall–Kier alpha value is -4.08. The van der Waals surface area contributed by atoms with Gasteiger partial charge in [0.2, 0.25) is 5.91 Å². The van der Waals surface area contributed by atoms with Gasteiger partial charge in [-0.1, -0.05) is 6.92 Å². The minimum absolute atomic E-state index is 0.0504. The van der Waals surface area contributed by atoms with Crippen molar-refractivity contribution in [1.82, 2.24) is 9.55 Å². The fourth-order valence-corrected chi connectivity index (χ4v) is 2.70. The summed E-state index contributed by atoms with van der Waals surface area (Å²) in [5, 5.41) is 13.6. The summed E-state index contributed by atoms with van der Waals surface area (Å²) in [7, 11) is 0. The van der Waals surface area contributed by atoms with E-state index in [1.807, 2.05) is 6.92 Å². The molecule has 0 aliphatic carbocycles. The maximum absolute atomic E-state index is 12.6. The van der Waals surface area contributed by atoms with Crippen LogP contribution in [-0.2, 0) is 16.1 Å². The van der Waals surface area contributed by atoms with Crippen LogP contribution in [0.25, 0.3) is 10.9 Å². The normalized spacial score (nSPS) is 10.6. The van der Waals surface area contributed by atoms with Crippen molar-refractivity contribution in [1.29, 1.82) is 0 Å². The first-order valence-corrected chi connectivity index (χ1v) is 9.09. The largest absolute Gasteiger partial charge is 0.462 e. The number of carbonyl (C=O) groups is 2. The van der Waals surface area contributed by atoms with Crippen LogP contribution in [-0.4, -0.2) is 33.0 Å². The number of nitrogens with one attached hydrogen (secondary N) is 1. The van der Waals surface area contributed by atoms with E-state index in [2.05, 4.69) is 10.3 Å². The van der Waals surface area contributed by atoms with Crippen LogP contribution in [0.1, 0.15) is 23.7 Å². The lowest BCUT2D eigenvalue weighted by atomic mass is 10.2. The molecule has 10 nitrogen and oxygen atoms in total. The maximum Gasteiger partial charge on any atom is 0.338 e. The zero-order chi connectivity index (χ0) is 21.7. The molecule has 0 aliphatic heterocycles. The number of esters is 1. The lowest BCUT2D eigenvalue weighted by Gasteiger charge is -2.09. The van der Waals surface area contributed by atoms with Gasteiger partial charge in [0.25, 0.3) is 11.2 Å². The fraction of sp³-hybridized carbons (Fsp3) is 0.200. The van der Waals surface area contributed by atoms with E-state index in [1.54, 1.807) is 12.1 Å². The molecule has 0 atom stereocenters. The molecule has 0 aliphatic rings.